The second kappa shape index (κ2) is 6.35. The number of aromatic nitrogens is 1. The smallest absolute Gasteiger partial charge is 0.231 e. The Morgan fingerprint density at radius 1 is 1.58 bits per heavy atom. The standard InChI is InChI=1S/C14H20ClN3O/c1-2-6-14(7-3-8-16-10-14)13(19)18-11-4-5-12(15)17-9-11/h4-5,9,16H,2-3,6-8,10H2,1H3,(H,18,19). The number of amides is 1. The summed E-state index contributed by atoms with van der Waals surface area (Å²) < 4.78 is 0. The number of pyridine rings is 1. The molecule has 1 saturated heterocycles. The quantitative estimate of drug-likeness (QED) is 0.835. The Kier molecular flexibility index (Phi) is 4.77. The lowest BCUT2D eigenvalue weighted by atomic mass is 9.76. The van der Waals surface area contributed by atoms with Crippen molar-refractivity contribution in [3.63, 3.8) is 0 Å². The van der Waals surface area contributed by atoms with Gasteiger partial charge in [-0.05, 0) is 37.9 Å². The summed E-state index contributed by atoms with van der Waals surface area (Å²) in [4.78, 5) is 16.5. The zero-order valence-electron chi connectivity index (χ0n) is 11.2. The maximum Gasteiger partial charge on any atom is 0.231 e. The van der Waals surface area contributed by atoms with Gasteiger partial charge in [0, 0.05) is 6.54 Å². The van der Waals surface area contributed by atoms with Crippen molar-refractivity contribution >= 4 is 23.2 Å². The van der Waals surface area contributed by atoms with E-state index in [1.165, 1.54) is 0 Å². The molecule has 1 aromatic rings. The van der Waals surface area contributed by atoms with E-state index >= 15 is 0 Å². The molecule has 5 heteroatoms. The maximum absolute atomic E-state index is 12.6. The lowest BCUT2D eigenvalue weighted by Gasteiger charge is -2.36. The number of nitrogens with zero attached hydrogens (tertiary/aromatic N) is 1. The van der Waals surface area contributed by atoms with Gasteiger partial charge in [-0.3, -0.25) is 4.79 Å². The molecule has 1 aliphatic rings. The molecule has 4 nitrogen and oxygen atoms in total. The van der Waals surface area contributed by atoms with E-state index in [0.29, 0.717) is 10.8 Å². The average Bonchev–Trinajstić information content (AvgIpc) is 2.43. The monoisotopic (exact) mass is 281 g/mol. The molecule has 104 valence electrons. The average molecular weight is 282 g/mol. The lowest BCUT2D eigenvalue weighted by Crippen LogP contribution is -2.48. The van der Waals surface area contributed by atoms with E-state index in [1.807, 2.05) is 0 Å². The van der Waals surface area contributed by atoms with Crippen molar-refractivity contribution < 1.29 is 4.79 Å². The fourth-order valence-corrected chi connectivity index (χ4v) is 2.79. The highest BCUT2D eigenvalue weighted by Gasteiger charge is 2.38. The largest absolute Gasteiger partial charge is 0.324 e. The van der Waals surface area contributed by atoms with Crippen molar-refractivity contribution in [1.29, 1.82) is 0 Å². The summed E-state index contributed by atoms with van der Waals surface area (Å²) in [5.41, 5.74) is 0.419. The van der Waals surface area contributed by atoms with E-state index in [0.717, 1.165) is 38.8 Å². The summed E-state index contributed by atoms with van der Waals surface area (Å²) in [6, 6.07) is 3.46. The summed E-state index contributed by atoms with van der Waals surface area (Å²) in [5.74, 6) is 0.0886. The molecule has 0 radical (unpaired) electrons. The number of carbonyl (C=O) groups excluding carboxylic acids is 1. The fourth-order valence-electron chi connectivity index (χ4n) is 2.68. The first kappa shape index (κ1) is 14.3. The molecular weight excluding hydrogens is 262 g/mol. The van der Waals surface area contributed by atoms with Crippen LogP contribution in [-0.2, 0) is 4.79 Å². The SMILES string of the molecule is CCCC1(C(=O)Nc2ccc(Cl)nc2)CCCNC1. The number of halogens is 1. The van der Waals surface area contributed by atoms with Crippen molar-refractivity contribution in [3.8, 4) is 0 Å². The Morgan fingerprint density at radius 3 is 3.00 bits per heavy atom. The van der Waals surface area contributed by atoms with Crippen LogP contribution < -0.4 is 10.6 Å². The molecule has 1 atom stereocenters. The predicted octanol–water partition coefficient (Wildman–Crippen LogP) is 2.84. The number of hydrogen-bond donors (Lipinski definition) is 2. The number of piperidine rings is 1. The van der Waals surface area contributed by atoms with Crippen LogP contribution in [0.25, 0.3) is 0 Å². The lowest BCUT2D eigenvalue weighted by molar-refractivity contribution is -0.127. The van der Waals surface area contributed by atoms with E-state index < -0.39 is 0 Å². The Balaban J connectivity index is 2.09. The number of rotatable bonds is 4. The minimum Gasteiger partial charge on any atom is -0.324 e. The van der Waals surface area contributed by atoms with Crippen LogP contribution in [0.4, 0.5) is 5.69 Å². The first-order chi connectivity index (χ1) is 9.16. The maximum atomic E-state index is 12.6. The number of nitrogens with one attached hydrogen (secondary N) is 2. The Morgan fingerprint density at radius 2 is 2.42 bits per heavy atom. The second-order valence-corrected chi connectivity index (χ2v) is 5.52. The van der Waals surface area contributed by atoms with Crippen LogP contribution in [0.5, 0.6) is 0 Å². The topological polar surface area (TPSA) is 54.0 Å². The van der Waals surface area contributed by atoms with Gasteiger partial charge in [-0.15, -0.1) is 0 Å². The number of hydrogen-bond acceptors (Lipinski definition) is 3. The summed E-state index contributed by atoms with van der Waals surface area (Å²) in [7, 11) is 0. The van der Waals surface area contributed by atoms with Gasteiger partial charge in [0.25, 0.3) is 0 Å². The predicted molar refractivity (Wildman–Crippen MR) is 77.3 cm³/mol. The van der Waals surface area contributed by atoms with Crippen molar-refractivity contribution in [2.24, 2.45) is 5.41 Å². The highest BCUT2D eigenvalue weighted by atomic mass is 35.5. The van der Waals surface area contributed by atoms with Gasteiger partial charge in [0.2, 0.25) is 5.91 Å². The van der Waals surface area contributed by atoms with E-state index in [2.05, 4.69) is 22.5 Å². The van der Waals surface area contributed by atoms with Crippen LogP contribution in [-0.4, -0.2) is 24.0 Å². The minimum atomic E-state index is -0.285. The zero-order valence-corrected chi connectivity index (χ0v) is 12.0. The van der Waals surface area contributed by atoms with Gasteiger partial charge in [0.1, 0.15) is 5.15 Å². The molecule has 2 rings (SSSR count). The third-order valence-electron chi connectivity index (χ3n) is 3.67. The molecule has 0 saturated carbocycles. The highest BCUT2D eigenvalue weighted by molar-refractivity contribution is 6.29. The molecule has 1 aliphatic heterocycles. The second-order valence-electron chi connectivity index (χ2n) is 5.13. The van der Waals surface area contributed by atoms with Gasteiger partial charge >= 0.3 is 0 Å². The molecule has 2 N–H and O–H groups in total. The molecule has 0 spiro atoms. The summed E-state index contributed by atoms with van der Waals surface area (Å²) in [6.45, 7) is 3.88. The van der Waals surface area contributed by atoms with Crippen molar-refractivity contribution in [2.45, 2.75) is 32.6 Å². The minimum absolute atomic E-state index is 0.0886. The third kappa shape index (κ3) is 3.45. The van der Waals surface area contributed by atoms with E-state index in [-0.39, 0.29) is 11.3 Å². The molecule has 0 aromatic carbocycles. The Bertz CT molecular complexity index is 421. The van der Waals surface area contributed by atoms with Crippen LogP contribution in [0.3, 0.4) is 0 Å². The zero-order chi connectivity index (χ0) is 13.7. The molecule has 1 aromatic heterocycles. The van der Waals surface area contributed by atoms with E-state index in [4.69, 9.17) is 11.6 Å². The van der Waals surface area contributed by atoms with Crippen LogP contribution in [0, 0.1) is 5.41 Å². The Labute approximate surface area is 118 Å². The van der Waals surface area contributed by atoms with E-state index in [9.17, 15) is 4.79 Å². The van der Waals surface area contributed by atoms with Gasteiger partial charge in [0.15, 0.2) is 0 Å². The summed E-state index contributed by atoms with van der Waals surface area (Å²) in [5, 5.41) is 6.73. The molecule has 19 heavy (non-hydrogen) atoms. The first-order valence-electron chi connectivity index (χ1n) is 6.80. The molecule has 0 bridgehead atoms. The van der Waals surface area contributed by atoms with Gasteiger partial charge in [-0.2, -0.15) is 0 Å². The molecule has 1 unspecified atom stereocenters. The van der Waals surface area contributed by atoms with Gasteiger partial charge in [0.05, 0.1) is 17.3 Å². The molecule has 2 heterocycles. The summed E-state index contributed by atoms with van der Waals surface area (Å²) in [6.07, 6.45) is 5.50. The molecule has 1 fully saturated rings. The molecule has 0 aliphatic carbocycles. The number of carbonyl (C=O) groups is 1. The van der Waals surface area contributed by atoms with Crippen LogP contribution >= 0.6 is 11.6 Å². The highest BCUT2D eigenvalue weighted by Crippen LogP contribution is 2.33. The third-order valence-corrected chi connectivity index (χ3v) is 3.89. The molecule has 1 amide bonds. The van der Waals surface area contributed by atoms with Gasteiger partial charge < -0.3 is 10.6 Å². The summed E-state index contributed by atoms with van der Waals surface area (Å²) >= 11 is 5.74. The van der Waals surface area contributed by atoms with Crippen LogP contribution in [0.2, 0.25) is 5.15 Å². The normalized spacial score (nSPS) is 23.1. The Hall–Kier alpha value is -1.13. The molecular formula is C14H20ClN3O. The van der Waals surface area contributed by atoms with Gasteiger partial charge in [-0.25, -0.2) is 4.98 Å². The number of anilines is 1. The van der Waals surface area contributed by atoms with E-state index in [1.54, 1.807) is 18.3 Å². The van der Waals surface area contributed by atoms with Crippen molar-refractivity contribution in [2.75, 3.05) is 18.4 Å². The van der Waals surface area contributed by atoms with Crippen molar-refractivity contribution in [3.05, 3.63) is 23.5 Å². The van der Waals surface area contributed by atoms with Crippen molar-refractivity contribution in [1.82, 2.24) is 10.3 Å². The van der Waals surface area contributed by atoms with Crippen LogP contribution in [0.15, 0.2) is 18.3 Å². The first-order valence-corrected chi connectivity index (χ1v) is 7.18. The van der Waals surface area contributed by atoms with Crippen LogP contribution in [0.1, 0.15) is 32.6 Å². The fraction of sp³-hybridized carbons (Fsp3) is 0.571. The van der Waals surface area contributed by atoms with Gasteiger partial charge in [-0.1, -0.05) is 24.9 Å².